The van der Waals surface area contributed by atoms with Gasteiger partial charge in [0, 0.05) is 11.8 Å². The molecule has 3 rings (SSSR count). The Balaban J connectivity index is 1.83. The Hall–Kier alpha value is -3.49. The van der Waals surface area contributed by atoms with Crippen molar-refractivity contribution in [1.29, 1.82) is 0 Å². The van der Waals surface area contributed by atoms with Crippen molar-refractivity contribution >= 4 is 29.1 Å². The van der Waals surface area contributed by atoms with Crippen LogP contribution in [-0.4, -0.2) is 34.9 Å². The van der Waals surface area contributed by atoms with Gasteiger partial charge in [-0.1, -0.05) is 25.1 Å². The number of nitro groups is 1. The minimum Gasteiger partial charge on any atom is -0.477 e. The first kappa shape index (κ1) is 17.3. The third-order valence-corrected chi connectivity index (χ3v) is 3.89. The Kier molecular flexibility index (Phi) is 4.78. The molecule has 0 spiro atoms. The fourth-order valence-electron chi connectivity index (χ4n) is 2.62. The molecule has 1 aromatic carbocycles. The van der Waals surface area contributed by atoms with Crippen LogP contribution >= 0.6 is 0 Å². The lowest BCUT2D eigenvalue weighted by molar-refractivity contribution is -0.389. The first-order valence-electron chi connectivity index (χ1n) is 7.96. The molecule has 1 aliphatic heterocycles. The number of aryl methyl sites for hydroxylation is 1. The smallest absolute Gasteiger partial charge is 0.366 e. The lowest BCUT2D eigenvalue weighted by Gasteiger charge is -2.24. The first-order valence-corrected chi connectivity index (χ1v) is 7.96. The van der Waals surface area contributed by atoms with E-state index in [2.05, 4.69) is 10.3 Å². The third kappa shape index (κ3) is 3.46. The number of nitrogens with zero attached hydrogens (tertiary/aromatic N) is 3. The second-order valence-corrected chi connectivity index (χ2v) is 5.58. The van der Waals surface area contributed by atoms with Crippen LogP contribution in [0.4, 0.5) is 17.3 Å². The number of carbonyl (C=O) groups is 2. The molecule has 9 heteroatoms. The Bertz CT molecular complexity index is 883. The van der Waals surface area contributed by atoms with Gasteiger partial charge in [-0.25, -0.2) is 0 Å². The molecule has 2 aromatic rings. The van der Waals surface area contributed by atoms with Gasteiger partial charge < -0.3 is 20.2 Å². The summed E-state index contributed by atoms with van der Waals surface area (Å²) in [5.41, 5.74) is 1.62. The van der Waals surface area contributed by atoms with Crippen LogP contribution in [0.25, 0.3) is 0 Å². The molecule has 0 aliphatic carbocycles. The van der Waals surface area contributed by atoms with Gasteiger partial charge in [0.25, 0.3) is 11.7 Å². The van der Waals surface area contributed by atoms with Gasteiger partial charge in [0.05, 0.1) is 0 Å². The summed E-state index contributed by atoms with van der Waals surface area (Å²) < 4.78 is 5.23. The van der Waals surface area contributed by atoms with Crippen LogP contribution in [0.5, 0.6) is 5.75 Å². The molecule has 0 saturated carbocycles. The summed E-state index contributed by atoms with van der Waals surface area (Å²) >= 11 is 0. The van der Waals surface area contributed by atoms with E-state index >= 15 is 0 Å². The molecular weight excluding hydrogens is 340 g/mol. The van der Waals surface area contributed by atoms with Crippen LogP contribution < -0.4 is 15.0 Å². The number of hydrogen-bond acceptors (Lipinski definition) is 6. The maximum Gasteiger partial charge on any atom is 0.366 e. The van der Waals surface area contributed by atoms with Crippen LogP contribution in [0.3, 0.4) is 0 Å². The van der Waals surface area contributed by atoms with E-state index in [4.69, 9.17) is 4.74 Å². The molecule has 134 valence electrons. The zero-order valence-corrected chi connectivity index (χ0v) is 14.0. The number of fused-ring (bicyclic) bond motifs is 1. The number of anilines is 2. The van der Waals surface area contributed by atoms with Crippen LogP contribution in [0.1, 0.15) is 12.5 Å². The van der Waals surface area contributed by atoms with E-state index < -0.39 is 22.6 Å². The summed E-state index contributed by atoms with van der Waals surface area (Å²) in [6.45, 7) is 1.39. The maximum absolute atomic E-state index is 12.4. The monoisotopic (exact) mass is 356 g/mol. The number of nitrogens with one attached hydrogen (secondary N) is 1. The largest absolute Gasteiger partial charge is 0.477 e. The topological polar surface area (TPSA) is 115 Å². The molecule has 0 radical (unpaired) electrons. The van der Waals surface area contributed by atoms with E-state index in [9.17, 15) is 19.7 Å². The van der Waals surface area contributed by atoms with E-state index in [0.717, 1.165) is 16.9 Å². The normalized spacial score (nSPS) is 13.0. The summed E-state index contributed by atoms with van der Waals surface area (Å²) in [6, 6.07) is 9.90. The Labute approximate surface area is 148 Å². The molecule has 0 unspecified atom stereocenters. The average molecular weight is 356 g/mol. The minimum absolute atomic E-state index is 0.0330. The lowest BCUT2D eigenvalue weighted by Crippen LogP contribution is -2.44. The van der Waals surface area contributed by atoms with Crippen molar-refractivity contribution < 1.29 is 19.2 Å². The molecule has 2 heterocycles. The molecule has 2 amide bonds. The summed E-state index contributed by atoms with van der Waals surface area (Å²) in [6.07, 6.45) is 0.740. The van der Waals surface area contributed by atoms with E-state index in [1.165, 1.54) is 12.1 Å². The highest BCUT2D eigenvalue weighted by atomic mass is 16.6. The van der Waals surface area contributed by atoms with Crippen molar-refractivity contribution in [1.82, 2.24) is 4.98 Å². The molecule has 9 nitrogen and oxygen atoms in total. The van der Waals surface area contributed by atoms with Crippen molar-refractivity contribution in [3.05, 3.63) is 52.1 Å². The van der Waals surface area contributed by atoms with Crippen LogP contribution in [-0.2, 0) is 16.0 Å². The number of para-hydroxylation sites is 1. The molecule has 26 heavy (non-hydrogen) atoms. The number of benzene rings is 1. The van der Waals surface area contributed by atoms with Crippen molar-refractivity contribution in [3.8, 4) is 5.75 Å². The summed E-state index contributed by atoms with van der Waals surface area (Å²) in [4.78, 5) is 39.8. The number of pyridine rings is 1. The van der Waals surface area contributed by atoms with Crippen molar-refractivity contribution in [2.24, 2.45) is 0 Å². The Morgan fingerprint density at radius 3 is 2.85 bits per heavy atom. The molecule has 0 atom stereocenters. The van der Waals surface area contributed by atoms with Crippen molar-refractivity contribution in [2.45, 2.75) is 13.3 Å². The SMILES string of the molecule is CCc1ccccc1NC(=O)CN1C(=O)COc2ccc([N+](=O)[O-])nc21. The van der Waals surface area contributed by atoms with Gasteiger partial charge in [-0.3, -0.25) is 14.5 Å². The quantitative estimate of drug-likeness (QED) is 0.646. The van der Waals surface area contributed by atoms with Gasteiger partial charge in [-0.2, -0.15) is 0 Å². The summed E-state index contributed by atoms with van der Waals surface area (Å²) in [7, 11) is 0. The highest BCUT2D eigenvalue weighted by molar-refractivity contribution is 6.04. The van der Waals surface area contributed by atoms with Crippen LogP contribution in [0.2, 0.25) is 0 Å². The molecule has 1 N–H and O–H groups in total. The summed E-state index contributed by atoms with van der Waals surface area (Å²) in [5.74, 6) is -1.17. The van der Waals surface area contributed by atoms with Crippen molar-refractivity contribution in [2.75, 3.05) is 23.4 Å². The number of aromatic nitrogens is 1. The lowest BCUT2D eigenvalue weighted by atomic mass is 10.1. The Morgan fingerprint density at radius 1 is 1.35 bits per heavy atom. The van der Waals surface area contributed by atoms with Gasteiger partial charge in [0.15, 0.2) is 12.4 Å². The molecule has 0 saturated heterocycles. The number of hydrogen-bond donors (Lipinski definition) is 1. The standard InChI is InChI=1S/C17H16N4O5/c1-2-11-5-3-4-6-12(11)18-15(22)9-20-16(23)10-26-13-7-8-14(21(24)25)19-17(13)20/h3-8H,2,9-10H2,1H3,(H,18,22). The highest BCUT2D eigenvalue weighted by Gasteiger charge is 2.33. The first-order chi connectivity index (χ1) is 12.5. The number of rotatable bonds is 5. The second kappa shape index (κ2) is 7.18. The number of carbonyl (C=O) groups excluding carboxylic acids is 2. The zero-order valence-electron chi connectivity index (χ0n) is 14.0. The molecular formula is C17H16N4O5. The van der Waals surface area contributed by atoms with Gasteiger partial charge >= 0.3 is 5.82 Å². The third-order valence-electron chi connectivity index (χ3n) is 3.89. The highest BCUT2D eigenvalue weighted by Crippen LogP contribution is 2.31. The summed E-state index contributed by atoms with van der Waals surface area (Å²) in [5, 5.41) is 13.7. The van der Waals surface area contributed by atoms with E-state index in [1.807, 2.05) is 19.1 Å². The molecule has 1 aromatic heterocycles. The van der Waals surface area contributed by atoms with Gasteiger partial charge in [0.2, 0.25) is 5.91 Å². The zero-order chi connectivity index (χ0) is 18.7. The van der Waals surface area contributed by atoms with E-state index in [0.29, 0.717) is 5.69 Å². The van der Waals surface area contributed by atoms with Crippen LogP contribution in [0.15, 0.2) is 36.4 Å². The number of amides is 2. The molecule has 0 fully saturated rings. The fourth-order valence-corrected chi connectivity index (χ4v) is 2.62. The fraction of sp³-hybridized carbons (Fsp3) is 0.235. The van der Waals surface area contributed by atoms with Gasteiger partial charge in [0.1, 0.15) is 6.54 Å². The van der Waals surface area contributed by atoms with Crippen molar-refractivity contribution in [3.63, 3.8) is 0 Å². The predicted molar refractivity (Wildman–Crippen MR) is 93.2 cm³/mol. The van der Waals surface area contributed by atoms with Crippen LogP contribution in [0, 0.1) is 10.1 Å². The molecule has 1 aliphatic rings. The predicted octanol–water partition coefficient (Wildman–Crippen LogP) is 1.92. The average Bonchev–Trinajstić information content (AvgIpc) is 2.64. The van der Waals surface area contributed by atoms with E-state index in [1.54, 1.807) is 12.1 Å². The van der Waals surface area contributed by atoms with Gasteiger partial charge in [-0.15, -0.1) is 0 Å². The maximum atomic E-state index is 12.4. The number of ether oxygens (including phenoxy) is 1. The van der Waals surface area contributed by atoms with E-state index in [-0.39, 0.29) is 24.7 Å². The minimum atomic E-state index is -0.672. The Morgan fingerprint density at radius 2 is 2.12 bits per heavy atom. The molecule has 0 bridgehead atoms. The van der Waals surface area contributed by atoms with Gasteiger partial charge in [-0.05, 0) is 34.0 Å². The second-order valence-electron chi connectivity index (χ2n) is 5.58.